The molecule has 1 amide bonds. The number of carbonyl (C=O) groups excluding carboxylic acids is 1. The first-order chi connectivity index (χ1) is 8.91. The summed E-state index contributed by atoms with van der Waals surface area (Å²) in [5.41, 5.74) is 5.14. The fourth-order valence-electron chi connectivity index (χ4n) is 2.99. The Balaban J connectivity index is 1.87. The van der Waals surface area contributed by atoms with Crippen LogP contribution in [0.5, 0.6) is 0 Å². The Kier molecular flexibility index (Phi) is 4.18. The summed E-state index contributed by atoms with van der Waals surface area (Å²) in [4.78, 5) is 12.3. The van der Waals surface area contributed by atoms with Crippen molar-refractivity contribution in [1.29, 1.82) is 0 Å². The summed E-state index contributed by atoms with van der Waals surface area (Å²) >= 11 is 0. The monoisotopic (exact) mass is 270 g/mol. The highest BCUT2D eigenvalue weighted by Gasteiger charge is 2.62. The molecule has 0 aromatic rings. The third kappa shape index (κ3) is 2.51. The van der Waals surface area contributed by atoms with Crippen molar-refractivity contribution in [2.45, 2.75) is 57.8 Å². The molecule has 1 heterocycles. The summed E-state index contributed by atoms with van der Waals surface area (Å²) < 4.78 is 11.1. The Morgan fingerprint density at radius 2 is 2.26 bits per heavy atom. The van der Waals surface area contributed by atoms with Crippen molar-refractivity contribution in [2.75, 3.05) is 19.8 Å². The van der Waals surface area contributed by atoms with E-state index in [-0.39, 0.29) is 23.5 Å². The van der Waals surface area contributed by atoms with Crippen LogP contribution in [0.2, 0.25) is 0 Å². The molecule has 3 N–H and O–H groups in total. The van der Waals surface area contributed by atoms with Gasteiger partial charge < -0.3 is 20.5 Å². The normalized spacial score (nSPS) is 36.8. The van der Waals surface area contributed by atoms with Crippen molar-refractivity contribution in [2.24, 2.45) is 11.1 Å². The molecule has 5 heteroatoms. The topological polar surface area (TPSA) is 73.6 Å². The molecule has 1 aliphatic carbocycles. The molecule has 0 radical (unpaired) electrons. The van der Waals surface area contributed by atoms with Crippen LogP contribution in [0.1, 0.15) is 40.0 Å². The minimum absolute atomic E-state index is 0.0657. The molecule has 0 aromatic heterocycles. The largest absolute Gasteiger partial charge is 0.378 e. The number of rotatable bonds is 5. The maximum Gasteiger partial charge on any atom is 0.240 e. The predicted octanol–water partition coefficient (Wildman–Crippen LogP) is 0.814. The van der Waals surface area contributed by atoms with Gasteiger partial charge in [-0.3, -0.25) is 4.79 Å². The van der Waals surface area contributed by atoms with Crippen LogP contribution >= 0.6 is 0 Å². The van der Waals surface area contributed by atoms with E-state index in [1.54, 1.807) is 0 Å². The lowest BCUT2D eigenvalue weighted by molar-refractivity contribution is -0.170. The SMILES string of the molecule is CCOC1CC(N)(C(=O)NCC2CCCO2)C1(C)C. The number of ether oxygens (including phenoxy) is 2. The third-order valence-corrected chi connectivity index (χ3v) is 4.75. The Hall–Kier alpha value is -0.650. The van der Waals surface area contributed by atoms with Gasteiger partial charge in [0.2, 0.25) is 5.91 Å². The molecule has 0 aromatic carbocycles. The van der Waals surface area contributed by atoms with E-state index >= 15 is 0 Å². The maximum atomic E-state index is 12.3. The van der Waals surface area contributed by atoms with Crippen LogP contribution in [0.4, 0.5) is 0 Å². The lowest BCUT2D eigenvalue weighted by atomic mass is 9.54. The number of hydrogen-bond donors (Lipinski definition) is 2. The van der Waals surface area contributed by atoms with Gasteiger partial charge >= 0.3 is 0 Å². The molecule has 2 rings (SSSR count). The minimum Gasteiger partial charge on any atom is -0.378 e. The molecular formula is C14H26N2O3. The summed E-state index contributed by atoms with van der Waals surface area (Å²) in [6.07, 6.45) is 2.90. The van der Waals surface area contributed by atoms with Gasteiger partial charge in [-0.05, 0) is 19.8 Å². The van der Waals surface area contributed by atoms with Crippen LogP contribution in [0.15, 0.2) is 0 Å². The lowest BCUT2D eigenvalue weighted by Gasteiger charge is -2.57. The van der Waals surface area contributed by atoms with Gasteiger partial charge in [-0.15, -0.1) is 0 Å². The van der Waals surface area contributed by atoms with Crippen molar-refractivity contribution in [3.8, 4) is 0 Å². The summed E-state index contributed by atoms with van der Waals surface area (Å²) in [6.45, 7) is 7.98. The number of nitrogens with two attached hydrogens (primary N) is 1. The summed E-state index contributed by atoms with van der Waals surface area (Å²) in [5, 5.41) is 2.94. The molecule has 3 atom stereocenters. The van der Waals surface area contributed by atoms with E-state index in [0.29, 0.717) is 19.6 Å². The zero-order valence-corrected chi connectivity index (χ0v) is 12.2. The van der Waals surface area contributed by atoms with Crippen molar-refractivity contribution in [3.63, 3.8) is 0 Å². The smallest absolute Gasteiger partial charge is 0.240 e. The van der Waals surface area contributed by atoms with Gasteiger partial charge in [0.05, 0.1) is 12.2 Å². The van der Waals surface area contributed by atoms with Crippen LogP contribution in [0, 0.1) is 5.41 Å². The van der Waals surface area contributed by atoms with E-state index in [9.17, 15) is 4.79 Å². The number of hydrogen-bond acceptors (Lipinski definition) is 4. The van der Waals surface area contributed by atoms with Gasteiger partial charge in [-0.25, -0.2) is 0 Å². The number of amides is 1. The first-order valence-corrected chi connectivity index (χ1v) is 7.22. The lowest BCUT2D eigenvalue weighted by Crippen LogP contribution is -2.76. The van der Waals surface area contributed by atoms with Crippen molar-refractivity contribution in [3.05, 3.63) is 0 Å². The van der Waals surface area contributed by atoms with E-state index in [4.69, 9.17) is 15.2 Å². The zero-order chi connectivity index (χ0) is 14.1. The highest BCUT2D eigenvalue weighted by molar-refractivity contribution is 5.88. The molecule has 1 saturated heterocycles. The minimum atomic E-state index is -0.828. The van der Waals surface area contributed by atoms with Crippen molar-refractivity contribution in [1.82, 2.24) is 5.32 Å². The molecular weight excluding hydrogens is 244 g/mol. The molecule has 5 nitrogen and oxygen atoms in total. The highest BCUT2D eigenvalue weighted by atomic mass is 16.5. The van der Waals surface area contributed by atoms with E-state index in [2.05, 4.69) is 5.32 Å². The Morgan fingerprint density at radius 1 is 1.53 bits per heavy atom. The fourth-order valence-corrected chi connectivity index (χ4v) is 2.99. The summed E-state index contributed by atoms with van der Waals surface area (Å²) in [7, 11) is 0. The second-order valence-electron chi connectivity index (χ2n) is 6.19. The molecule has 3 unspecified atom stereocenters. The Labute approximate surface area is 115 Å². The Morgan fingerprint density at radius 3 is 2.79 bits per heavy atom. The van der Waals surface area contributed by atoms with Crippen LogP contribution in [0.25, 0.3) is 0 Å². The molecule has 0 bridgehead atoms. The van der Waals surface area contributed by atoms with E-state index in [0.717, 1.165) is 19.4 Å². The maximum absolute atomic E-state index is 12.3. The average Bonchev–Trinajstić information content (AvgIpc) is 2.88. The number of carbonyl (C=O) groups is 1. The van der Waals surface area contributed by atoms with E-state index < -0.39 is 5.54 Å². The average molecular weight is 270 g/mol. The van der Waals surface area contributed by atoms with Crippen LogP contribution in [-0.4, -0.2) is 43.4 Å². The highest BCUT2D eigenvalue weighted by Crippen LogP contribution is 2.49. The predicted molar refractivity (Wildman–Crippen MR) is 72.7 cm³/mol. The second-order valence-corrected chi connectivity index (χ2v) is 6.19. The van der Waals surface area contributed by atoms with Crippen LogP contribution in [-0.2, 0) is 14.3 Å². The molecule has 2 fully saturated rings. The fraction of sp³-hybridized carbons (Fsp3) is 0.929. The second kappa shape index (κ2) is 5.38. The van der Waals surface area contributed by atoms with Crippen molar-refractivity contribution < 1.29 is 14.3 Å². The van der Waals surface area contributed by atoms with E-state index in [1.807, 2.05) is 20.8 Å². The summed E-state index contributed by atoms with van der Waals surface area (Å²) in [6, 6.07) is 0. The van der Waals surface area contributed by atoms with Gasteiger partial charge in [-0.1, -0.05) is 13.8 Å². The molecule has 1 saturated carbocycles. The first-order valence-electron chi connectivity index (χ1n) is 7.22. The first kappa shape index (κ1) is 14.8. The van der Waals surface area contributed by atoms with Gasteiger partial charge in [0.25, 0.3) is 0 Å². The number of nitrogens with one attached hydrogen (secondary N) is 1. The molecule has 19 heavy (non-hydrogen) atoms. The standard InChI is InChI=1S/C14H26N2O3/c1-4-18-11-8-14(15,13(11,2)3)12(17)16-9-10-6-5-7-19-10/h10-11H,4-9,15H2,1-3H3,(H,16,17). The van der Waals surface area contributed by atoms with Crippen LogP contribution < -0.4 is 11.1 Å². The zero-order valence-electron chi connectivity index (χ0n) is 12.2. The van der Waals surface area contributed by atoms with E-state index in [1.165, 1.54) is 0 Å². The molecule has 2 aliphatic rings. The summed E-state index contributed by atoms with van der Waals surface area (Å²) in [5.74, 6) is -0.0797. The van der Waals surface area contributed by atoms with Gasteiger partial charge in [0.15, 0.2) is 0 Å². The van der Waals surface area contributed by atoms with Gasteiger partial charge in [0.1, 0.15) is 5.54 Å². The Bertz CT molecular complexity index is 340. The molecule has 1 aliphatic heterocycles. The van der Waals surface area contributed by atoms with Gasteiger partial charge in [0, 0.05) is 31.6 Å². The third-order valence-electron chi connectivity index (χ3n) is 4.75. The molecule has 110 valence electrons. The molecule has 0 spiro atoms. The van der Waals surface area contributed by atoms with Crippen LogP contribution in [0.3, 0.4) is 0 Å². The quantitative estimate of drug-likeness (QED) is 0.775. The van der Waals surface area contributed by atoms with Gasteiger partial charge in [-0.2, -0.15) is 0 Å². The van der Waals surface area contributed by atoms with Crippen molar-refractivity contribution >= 4 is 5.91 Å².